The molecule has 1 aromatic carbocycles. The van der Waals surface area contributed by atoms with Crippen LogP contribution >= 0.6 is 0 Å². The van der Waals surface area contributed by atoms with Gasteiger partial charge in [-0.05, 0) is 31.7 Å². The summed E-state index contributed by atoms with van der Waals surface area (Å²) >= 11 is 0. The molecule has 4 heteroatoms. The molecule has 2 atom stereocenters. The quantitative estimate of drug-likeness (QED) is 0.931. The van der Waals surface area contributed by atoms with E-state index >= 15 is 0 Å². The third-order valence-electron chi connectivity index (χ3n) is 3.85. The molecule has 1 saturated carbocycles. The zero-order chi connectivity index (χ0) is 14.3. The number of aromatic nitrogens is 2. The summed E-state index contributed by atoms with van der Waals surface area (Å²) in [6, 6.07) is 8.42. The first-order valence-electron chi connectivity index (χ1n) is 6.92. The smallest absolute Gasteiger partial charge is 0.229 e. The fourth-order valence-corrected chi connectivity index (χ4v) is 2.69. The van der Waals surface area contributed by atoms with Crippen molar-refractivity contribution in [2.75, 3.05) is 5.32 Å². The van der Waals surface area contributed by atoms with Crippen molar-refractivity contribution in [1.29, 1.82) is 0 Å². The lowest BCUT2D eigenvalue weighted by Crippen LogP contribution is -2.15. The normalized spacial score (nSPS) is 20.8. The maximum atomic E-state index is 12.2. The standard InChI is InChI=1S/C16H19N3O/c1-10-5-4-6-12(7-10)13-8-14(13)16(20)17-15-11(2)9-19(3)18-15/h4-7,9,13-14H,8H2,1-3H3,(H,17,18,20)/t13-,14+/m0/s1. The van der Waals surface area contributed by atoms with E-state index in [2.05, 4.69) is 41.6 Å². The van der Waals surface area contributed by atoms with E-state index in [-0.39, 0.29) is 11.8 Å². The Kier molecular flexibility index (Phi) is 3.08. The summed E-state index contributed by atoms with van der Waals surface area (Å²) in [6.45, 7) is 4.03. The minimum atomic E-state index is 0.0817. The third kappa shape index (κ3) is 2.46. The Morgan fingerprint density at radius 3 is 2.85 bits per heavy atom. The van der Waals surface area contributed by atoms with Gasteiger partial charge in [-0.15, -0.1) is 0 Å². The van der Waals surface area contributed by atoms with Crippen molar-refractivity contribution in [1.82, 2.24) is 9.78 Å². The number of hydrogen-bond donors (Lipinski definition) is 1. The molecule has 0 bridgehead atoms. The minimum Gasteiger partial charge on any atom is -0.309 e. The predicted octanol–water partition coefficient (Wildman–Crippen LogP) is 2.78. The van der Waals surface area contributed by atoms with Crippen LogP contribution in [-0.2, 0) is 11.8 Å². The number of rotatable bonds is 3. The van der Waals surface area contributed by atoms with E-state index in [9.17, 15) is 4.79 Å². The van der Waals surface area contributed by atoms with Crippen LogP contribution in [0.2, 0.25) is 0 Å². The van der Waals surface area contributed by atoms with Crippen molar-refractivity contribution >= 4 is 11.7 Å². The molecule has 3 rings (SSSR count). The van der Waals surface area contributed by atoms with Gasteiger partial charge in [0.15, 0.2) is 5.82 Å². The zero-order valence-electron chi connectivity index (χ0n) is 12.1. The van der Waals surface area contributed by atoms with Crippen LogP contribution < -0.4 is 5.32 Å². The maximum absolute atomic E-state index is 12.2. The number of nitrogens with one attached hydrogen (secondary N) is 1. The van der Waals surface area contributed by atoms with E-state index in [1.54, 1.807) is 4.68 Å². The second-order valence-corrected chi connectivity index (χ2v) is 5.69. The fraction of sp³-hybridized carbons (Fsp3) is 0.375. The molecule has 0 spiro atoms. The van der Waals surface area contributed by atoms with Crippen molar-refractivity contribution in [3.05, 3.63) is 47.2 Å². The monoisotopic (exact) mass is 269 g/mol. The van der Waals surface area contributed by atoms with Gasteiger partial charge < -0.3 is 5.32 Å². The molecule has 1 N–H and O–H groups in total. The number of amides is 1. The van der Waals surface area contributed by atoms with Gasteiger partial charge >= 0.3 is 0 Å². The first-order chi connectivity index (χ1) is 9.54. The molecule has 1 amide bonds. The highest BCUT2D eigenvalue weighted by atomic mass is 16.2. The number of carbonyl (C=O) groups excluding carboxylic acids is 1. The highest BCUT2D eigenvalue weighted by Gasteiger charge is 2.44. The van der Waals surface area contributed by atoms with E-state index in [1.807, 2.05) is 20.2 Å². The summed E-state index contributed by atoms with van der Waals surface area (Å²) in [4.78, 5) is 12.2. The molecule has 2 aromatic rings. The molecule has 1 fully saturated rings. The number of nitrogens with zero attached hydrogens (tertiary/aromatic N) is 2. The molecule has 4 nitrogen and oxygen atoms in total. The molecule has 20 heavy (non-hydrogen) atoms. The first kappa shape index (κ1) is 12.9. The van der Waals surface area contributed by atoms with Gasteiger partial charge in [0.2, 0.25) is 5.91 Å². The van der Waals surface area contributed by atoms with Gasteiger partial charge in [0.05, 0.1) is 0 Å². The van der Waals surface area contributed by atoms with Gasteiger partial charge in [0, 0.05) is 24.7 Å². The Morgan fingerprint density at radius 1 is 1.40 bits per heavy atom. The second-order valence-electron chi connectivity index (χ2n) is 5.69. The molecular weight excluding hydrogens is 250 g/mol. The molecule has 1 heterocycles. The van der Waals surface area contributed by atoms with E-state index in [4.69, 9.17) is 0 Å². The minimum absolute atomic E-state index is 0.0817. The van der Waals surface area contributed by atoms with Crippen LogP contribution in [0.1, 0.15) is 29.0 Å². The van der Waals surface area contributed by atoms with Crippen molar-refractivity contribution in [2.24, 2.45) is 13.0 Å². The molecule has 104 valence electrons. The van der Waals surface area contributed by atoms with Crippen LogP contribution in [0.4, 0.5) is 5.82 Å². The average Bonchev–Trinajstić information content (AvgIpc) is 3.12. The van der Waals surface area contributed by atoms with Gasteiger partial charge in [0.1, 0.15) is 0 Å². The Hall–Kier alpha value is -2.10. The molecule has 1 aliphatic rings. The summed E-state index contributed by atoms with van der Waals surface area (Å²) < 4.78 is 1.72. The van der Waals surface area contributed by atoms with E-state index < -0.39 is 0 Å². The fourth-order valence-electron chi connectivity index (χ4n) is 2.69. The van der Waals surface area contributed by atoms with E-state index in [0.717, 1.165) is 12.0 Å². The Labute approximate surface area is 118 Å². The number of anilines is 1. The van der Waals surface area contributed by atoms with Crippen molar-refractivity contribution in [3.8, 4) is 0 Å². The van der Waals surface area contributed by atoms with Crippen LogP contribution in [0, 0.1) is 19.8 Å². The Balaban J connectivity index is 1.67. The SMILES string of the molecule is Cc1cccc([C@@H]2C[C@H]2C(=O)Nc2nn(C)cc2C)c1. The molecule has 1 aliphatic carbocycles. The predicted molar refractivity (Wildman–Crippen MR) is 78.6 cm³/mol. The molecular formula is C16H19N3O. The summed E-state index contributed by atoms with van der Waals surface area (Å²) in [5.41, 5.74) is 3.51. The Morgan fingerprint density at radius 2 is 2.20 bits per heavy atom. The topological polar surface area (TPSA) is 46.9 Å². The Bertz CT molecular complexity index is 659. The van der Waals surface area contributed by atoms with Gasteiger partial charge in [-0.1, -0.05) is 29.8 Å². The average molecular weight is 269 g/mol. The molecule has 1 aromatic heterocycles. The van der Waals surface area contributed by atoms with Crippen LogP contribution in [0.3, 0.4) is 0 Å². The second kappa shape index (κ2) is 4.78. The summed E-state index contributed by atoms with van der Waals surface area (Å²) in [7, 11) is 1.86. The zero-order valence-corrected chi connectivity index (χ0v) is 12.1. The number of carbonyl (C=O) groups is 1. The van der Waals surface area contributed by atoms with Gasteiger partial charge in [-0.25, -0.2) is 0 Å². The van der Waals surface area contributed by atoms with Crippen LogP contribution in [0.25, 0.3) is 0 Å². The van der Waals surface area contributed by atoms with Crippen molar-refractivity contribution in [2.45, 2.75) is 26.2 Å². The highest BCUT2D eigenvalue weighted by molar-refractivity contribution is 5.95. The molecule has 0 radical (unpaired) electrons. The van der Waals surface area contributed by atoms with Crippen LogP contribution in [0.15, 0.2) is 30.5 Å². The summed E-state index contributed by atoms with van der Waals surface area (Å²) in [6.07, 6.45) is 2.84. The van der Waals surface area contributed by atoms with Crippen LogP contribution in [-0.4, -0.2) is 15.7 Å². The largest absolute Gasteiger partial charge is 0.309 e. The lowest BCUT2D eigenvalue weighted by Gasteiger charge is -2.04. The lowest BCUT2D eigenvalue weighted by atomic mass is 10.1. The number of hydrogen-bond acceptors (Lipinski definition) is 2. The maximum Gasteiger partial charge on any atom is 0.229 e. The number of benzene rings is 1. The molecule has 0 unspecified atom stereocenters. The summed E-state index contributed by atoms with van der Waals surface area (Å²) in [5.74, 6) is 1.20. The van der Waals surface area contributed by atoms with Crippen LogP contribution in [0.5, 0.6) is 0 Å². The highest BCUT2D eigenvalue weighted by Crippen LogP contribution is 2.48. The van der Waals surface area contributed by atoms with Gasteiger partial charge in [-0.2, -0.15) is 5.10 Å². The van der Waals surface area contributed by atoms with Crippen molar-refractivity contribution < 1.29 is 4.79 Å². The summed E-state index contributed by atoms with van der Waals surface area (Å²) in [5, 5.41) is 7.19. The van der Waals surface area contributed by atoms with Gasteiger partial charge in [-0.3, -0.25) is 9.48 Å². The van der Waals surface area contributed by atoms with Gasteiger partial charge in [0.25, 0.3) is 0 Å². The van der Waals surface area contributed by atoms with Crippen molar-refractivity contribution in [3.63, 3.8) is 0 Å². The van der Waals surface area contributed by atoms with E-state index in [0.29, 0.717) is 11.7 Å². The third-order valence-corrected chi connectivity index (χ3v) is 3.85. The molecule has 0 saturated heterocycles. The first-order valence-corrected chi connectivity index (χ1v) is 6.92. The lowest BCUT2D eigenvalue weighted by molar-refractivity contribution is -0.117. The molecule has 0 aliphatic heterocycles. The van der Waals surface area contributed by atoms with E-state index in [1.165, 1.54) is 11.1 Å². The number of aryl methyl sites for hydroxylation is 3.